The first-order valence-corrected chi connectivity index (χ1v) is 22.9. The third kappa shape index (κ3) is 10.0. The maximum Gasteiger partial charge on any atom is 0.296 e. The first kappa shape index (κ1) is 43.8. The largest absolute Gasteiger partial charge is 0.507 e. The number of aromatic hydroxyl groups is 1. The molecule has 0 saturated heterocycles. The Balaban J connectivity index is 1.47. The van der Waals surface area contributed by atoms with Crippen molar-refractivity contribution in [2.45, 2.75) is 19.6 Å². The van der Waals surface area contributed by atoms with Gasteiger partial charge in [0.2, 0.25) is 17.2 Å². The van der Waals surface area contributed by atoms with E-state index in [2.05, 4.69) is 59.2 Å². The van der Waals surface area contributed by atoms with Crippen LogP contribution in [0.15, 0.2) is 149 Å². The number of nitrogen functional groups attached to an aromatic ring is 1. The van der Waals surface area contributed by atoms with Crippen molar-refractivity contribution in [2.75, 3.05) is 16.4 Å². The number of hydrogen-bond donors (Lipinski definition) is 6. The third-order valence-electron chi connectivity index (χ3n) is 8.16. The Morgan fingerprint density at radius 2 is 1.21 bits per heavy atom. The second-order valence-corrected chi connectivity index (χ2v) is 19.1. The molecule has 1 aromatic heterocycles. The van der Waals surface area contributed by atoms with E-state index in [0.717, 1.165) is 35.1 Å². The molecule has 314 valence electrons. The van der Waals surface area contributed by atoms with E-state index in [1.54, 1.807) is 0 Å². The van der Waals surface area contributed by atoms with Crippen molar-refractivity contribution in [2.24, 2.45) is 20.5 Å². The summed E-state index contributed by atoms with van der Waals surface area (Å²) in [5.74, 6) is -1.13. The van der Waals surface area contributed by atoms with E-state index in [-0.39, 0.29) is 66.2 Å². The van der Waals surface area contributed by atoms with Crippen LogP contribution in [0.3, 0.4) is 0 Å². The number of anilines is 5. The van der Waals surface area contributed by atoms with Crippen LogP contribution >= 0.6 is 11.6 Å². The highest BCUT2D eigenvalue weighted by molar-refractivity contribution is 7.94. The zero-order chi connectivity index (χ0) is 44.5. The number of phenolic OH excluding ortho intramolecular Hbond substituents is 1. The summed E-state index contributed by atoms with van der Waals surface area (Å²) in [6, 6.07) is 16.7. The maximum absolute atomic E-state index is 12.8. The minimum atomic E-state index is -5.15. The lowest BCUT2D eigenvalue weighted by molar-refractivity contribution is 0.471. The number of benzene rings is 5. The van der Waals surface area contributed by atoms with Gasteiger partial charge in [0, 0.05) is 22.6 Å². The molecule has 7 N–H and O–H groups in total. The highest BCUT2D eigenvalue weighted by Gasteiger charge is 2.22. The van der Waals surface area contributed by atoms with Crippen molar-refractivity contribution in [3.05, 3.63) is 114 Å². The predicted molar refractivity (Wildman–Crippen MR) is 224 cm³/mol. The zero-order valence-electron chi connectivity index (χ0n) is 30.5. The van der Waals surface area contributed by atoms with Crippen LogP contribution in [-0.2, 0) is 39.9 Å². The van der Waals surface area contributed by atoms with Gasteiger partial charge in [0.1, 0.15) is 27.7 Å². The van der Waals surface area contributed by atoms with Crippen LogP contribution in [0.1, 0.15) is 0 Å². The molecule has 0 fully saturated rings. The third-order valence-corrected chi connectivity index (χ3v) is 12.8. The van der Waals surface area contributed by atoms with E-state index in [0.29, 0.717) is 5.69 Å². The molecular weight excluding hydrogens is 900 g/mol. The molecule has 0 atom stereocenters. The number of azo groups is 2. The minimum absolute atomic E-state index is 0.0314. The van der Waals surface area contributed by atoms with Gasteiger partial charge in [-0.25, -0.2) is 16.8 Å². The van der Waals surface area contributed by atoms with Gasteiger partial charge >= 0.3 is 0 Å². The van der Waals surface area contributed by atoms with Crippen molar-refractivity contribution in [1.82, 2.24) is 15.0 Å². The van der Waals surface area contributed by atoms with Gasteiger partial charge in [-0.05, 0) is 89.8 Å². The SMILES string of the molecule is C=CS(=O)(=O)c1ccc(/N=N/c2cc(S(=O)(=O)O)c(/N=N/c3c(N)ccc4cc(S(=O)(=O)O)cc(O)c34)cc2Nc2nc(Cl)nc(Nc3ccc(S(=O)(=O)C=C)cc3)n2)cc1. The molecule has 0 radical (unpaired) electrons. The molecule has 6 aromatic rings. The van der Waals surface area contributed by atoms with Crippen LogP contribution in [0.2, 0.25) is 5.28 Å². The van der Waals surface area contributed by atoms with E-state index in [4.69, 9.17) is 17.3 Å². The van der Waals surface area contributed by atoms with E-state index >= 15 is 0 Å². The van der Waals surface area contributed by atoms with Crippen LogP contribution in [0, 0.1) is 0 Å². The quantitative estimate of drug-likeness (QED) is 0.0347. The van der Waals surface area contributed by atoms with Gasteiger partial charge in [0.25, 0.3) is 20.2 Å². The molecule has 0 aliphatic rings. The van der Waals surface area contributed by atoms with Gasteiger partial charge in [-0.2, -0.15) is 36.9 Å². The Hall–Kier alpha value is -6.74. The number of nitrogens with zero attached hydrogens (tertiary/aromatic N) is 7. The monoisotopic (exact) mass is 926 g/mol. The van der Waals surface area contributed by atoms with Gasteiger partial charge in [0.15, 0.2) is 19.7 Å². The molecule has 6 rings (SSSR count). The molecule has 0 spiro atoms. The van der Waals surface area contributed by atoms with Crippen LogP contribution in [0.25, 0.3) is 10.8 Å². The number of fused-ring (bicyclic) bond motifs is 1. The van der Waals surface area contributed by atoms with Crippen molar-refractivity contribution in [1.29, 1.82) is 0 Å². The number of hydrogen-bond acceptors (Lipinski definition) is 19. The highest BCUT2D eigenvalue weighted by atomic mass is 35.5. The van der Waals surface area contributed by atoms with Crippen molar-refractivity contribution < 1.29 is 47.9 Å². The highest BCUT2D eigenvalue weighted by Crippen LogP contribution is 2.43. The number of nitrogens with two attached hydrogens (primary N) is 1. The van der Waals surface area contributed by atoms with Gasteiger partial charge in [0.05, 0.1) is 37.1 Å². The summed E-state index contributed by atoms with van der Waals surface area (Å²) in [5.41, 5.74) is 5.12. The van der Waals surface area contributed by atoms with Crippen LogP contribution in [0.4, 0.5) is 51.7 Å². The molecule has 0 saturated carbocycles. The van der Waals surface area contributed by atoms with Crippen LogP contribution < -0.4 is 16.4 Å². The summed E-state index contributed by atoms with van der Waals surface area (Å²) < 4.78 is 118. The first-order valence-electron chi connectivity index (χ1n) is 16.5. The predicted octanol–water partition coefficient (Wildman–Crippen LogP) is 7.61. The summed E-state index contributed by atoms with van der Waals surface area (Å²) in [6.07, 6.45) is 0. The van der Waals surface area contributed by atoms with E-state index in [1.807, 2.05) is 0 Å². The van der Waals surface area contributed by atoms with Gasteiger partial charge < -0.3 is 21.5 Å². The fourth-order valence-corrected chi connectivity index (χ4v) is 7.98. The molecule has 5 aromatic carbocycles. The molecule has 0 unspecified atom stereocenters. The number of halogens is 1. The Labute approximate surface area is 351 Å². The summed E-state index contributed by atoms with van der Waals surface area (Å²) in [7, 11) is -17.4. The maximum atomic E-state index is 12.8. The van der Waals surface area contributed by atoms with E-state index < -0.39 is 61.1 Å². The summed E-state index contributed by atoms with van der Waals surface area (Å²) in [6.45, 7) is 6.57. The molecule has 0 amide bonds. The Bertz CT molecular complexity index is 3300. The molecule has 61 heavy (non-hydrogen) atoms. The fraction of sp³-hybridized carbons (Fsp3) is 0. The van der Waals surface area contributed by atoms with Crippen LogP contribution in [0.5, 0.6) is 5.75 Å². The second-order valence-electron chi connectivity index (χ2n) is 12.2. The van der Waals surface area contributed by atoms with Crippen molar-refractivity contribution in [3.8, 4) is 5.75 Å². The topological polar surface area (TPSA) is 335 Å². The fourth-order valence-electron chi connectivity index (χ4n) is 5.25. The molecule has 1 heterocycles. The number of rotatable bonds is 14. The Morgan fingerprint density at radius 3 is 1.79 bits per heavy atom. The van der Waals surface area contributed by atoms with Crippen LogP contribution in [-0.4, -0.2) is 62.8 Å². The second kappa shape index (κ2) is 16.7. The lowest BCUT2D eigenvalue weighted by Gasteiger charge is -2.13. The lowest BCUT2D eigenvalue weighted by Crippen LogP contribution is -2.05. The average Bonchev–Trinajstić information content (AvgIpc) is 3.19. The molecule has 0 aliphatic carbocycles. The average molecular weight is 927 g/mol. The molecule has 26 heteroatoms. The lowest BCUT2D eigenvalue weighted by atomic mass is 10.1. The standard InChI is InChI=1S/C35H27ClN10O11S4/c1-3-58(48,49)22-10-6-20(7-11-22)38-34-40-33(36)41-35(42-34)39-26-17-28(45-46-32-25(37)14-5-19-15-24(60(52,53)54)16-29(47)31(19)32)30(61(55,56)57)18-27(26)44-43-21-8-12-23(13-9-21)59(50,51)4-2/h3-18,47H,1-2,37H2,(H,52,53,54)(H,55,56,57)(H2,38,39,40,41,42)/b44-43+,46-45+. The molecular formula is C35H27ClN10O11S4. The number of nitrogens with one attached hydrogen (secondary N) is 2. The first-order chi connectivity index (χ1) is 28.6. The molecule has 0 aliphatic heterocycles. The zero-order valence-corrected chi connectivity index (χ0v) is 34.5. The smallest absolute Gasteiger partial charge is 0.296 e. The van der Waals surface area contributed by atoms with Crippen molar-refractivity contribution in [3.63, 3.8) is 0 Å². The number of sulfone groups is 2. The van der Waals surface area contributed by atoms with Gasteiger partial charge in [-0.15, -0.1) is 15.3 Å². The molecule has 21 nitrogen and oxygen atoms in total. The normalized spacial score (nSPS) is 12.5. The van der Waals surface area contributed by atoms with Gasteiger partial charge in [-0.3, -0.25) is 9.11 Å². The van der Waals surface area contributed by atoms with E-state index in [9.17, 15) is 47.9 Å². The Morgan fingerprint density at radius 1 is 0.639 bits per heavy atom. The van der Waals surface area contributed by atoms with E-state index in [1.165, 1.54) is 60.7 Å². The molecule has 0 bridgehead atoms. The van der Waals surface area contributed by atoms with Crippen molar-refractivity contribution >= 4 is 114 Å². The number of phenols is 1. The minimum Gasteiger partial charge on any atom is -0.507 e. The summed E-state index contributed by atoms with van der Waals surface area (Å²) >= 11 is 6.22. The summed E-state index contributed by atoms with van der Waals surface area (Å²) in [5, 5.41) is 33.7. The number of aromatic nitrogens is 3. The van der Waals surface area contributed by atoms with Gasteiger partial charge in [-0.1, -0.05) is 19.2 Å². The Kier molecular flexibility index (Phi) is 12.0. The summed E-state index contributed by atoms with van der Waals surface area (Å²) in [4.78, 5) is 10.7.